The number of carbonyl (C=O) groups excluding carboxylic acids is 1. The van der Waals surface area contributed by atoms with Crippen molar-refractivity contribution in [3.8, 4) is 0 Å². The number of hydrogen-bond donors (Lipinski definition) is 1. The third-order valence-electron chi connectivity index (χ3n) is 1.73. The number of hydrogen-bond acceptors (Lipinski definition) is 4. The molecule has 5 heteroatoms. The quantitative estimate of drug-likeness (QED) is 0.803. The van der Waals surface area contributed by atoms with Crippen molar-refractivity contribution in [3.63, 3.8) is 0 Å². The van der Waals surface area contributed by atoms with Crippen molar-refractivity contribution >= 4 is 29.4 Å². The molecule has 1 aromatic rings. The smallest absolute Gasteiger partial charge is 0.345 e. The Bertz CT molecular complexity index is 406. The van der Waals surface area contributed by atoms with Crippen LogP contribution < -0.4 is 0 Å². The minimum Gasteiger partial charge on any atom is -0.477 e. The number of ether oxygens (including phenoxy) is 1. The van der Waals surface area contributed by atoms with E-state index in [1.165, 1.54) is 0 Å². The minimum absolute atomic E-state index is 0.200. The lowest BCUT2D eigenvalue weighted by molar-refractivity contribution is -0.142. The van der Waals surface area contributed by atoms with Crippen LogP contribution in [0.5, 0.6) is 0 Å². The first kappa shape index (κ1) is 12.4. The fourth-order valence-electron chi connectivity index (χ4n) is 1.06. The number of rotatable bonds is 5. The third kappa shape index (κ3) is 3.86. The topological polar surface area (TPSA) is 63.6 Å². The van der Waals surface area contributed by atoms with E-state index in [4.69, 9.17) is 9.84 Å². The molecule has 0 unspecified atom stereocenters. The zero-order valence-electron chi connectivity index (χ0n) is 8.80. The Morgan fingerprint density at radius 2 is 2.31 bits per heavy atom. The van der Waals surface area contributed by atoms with Gasteiger partial charge in [0.1, 0.15) is 4.88 Å². The van der Waals surface area contributed by atoms with Crippen molar-refractivity contribution in [1.29, 1.82) is 0 Å². The maximum Gasteiger partial charge on any atom is 0.345 e. The molecule has 0 atom stereocenters. The van der Waals surface area contributed by atoms with Crippen molar-refractivity contribution < 1.29 is 19.4 Å². The van der Waals surface area contributed by atoms with E-state index >= 15 is 0 Å². The van der Waals surface area contributed by atoms with Gasteiger partial charge in [0.05, 0.1) is 13.0 Å². The predicted octanol–water partition coefficient (Wildman–Crippen LogP) is 2.41. The second-order valence-corrected chi connectivity index (χ2v) is 3.87. The Morgan fingerprint density at radius 3 is 2.88 bits per heavy atom. The van der Waals surface area contributed by atoms with E-state index in [0.717, 1.165) is 16.9 Å². The fourth-order valence-corrected chi connectivity index (χ4v) is 1.78. The van der Waals surface area contributed by atoms with Crippen LogP contribution in [0.2, 0.25) is 0 Å². The Balaban J connectivity index is 2.50. The highest BCUT2D eigenvalue weighted by Gasteiger charge is 2.04. The molecule has 16 heavy (non-hydrogen) atoms. The van der Waals surface area contributed by atoms with Crippen LogP contribution in [-0.2, 0) is 9.53 Å². The predicted molar refractivity (Wildman–Crippen MR) is 61.6 cm³/mol. The molecule has 0 amide bonds. The molecule has 0 radical (unpaired) electrons. The molecular weight excluding hydrogens is 228 g/mol. The van der Waals surface area contributed by atoms with Crippen molar-refractivity contribution in [2.75, 3.05) is 6.61 Å². The number of esters is 1. The summed E-state index contributed by atoms with van der Waals surface area (Å²) in [6, 6.07) is 1.56. The monoisotopic (exact) mass is 240 g/mol. The first-order chi connectivity index (χ1) is 7.63. The molecule has 0 saturated heterocycles. The van der Waals surface area contributed by atoms with Crippen LogP contribution in [0.3, 0.4) is 0 Å². The molecule has 0 aromatic carbocycles. The molecule has 1 aromatic heterocycles. The largest absolute Gasteiger partial charge is 0.477 e. The highest BCUT2D eigenvalue weighted by Crippen LogP contribution is 2.16. The van der Waals surface area contributed by atoms with Crippen LogP contribution in [0, 0.1) is 0 Å². The van der Waals surface area contributed by atoms with Gasteiger partial charge >= 0.3 is 11.9 Å². The van der Waals surface area contributed by atoms with Gasteiger partial charge in [-0.25, -0.2) is 4.79 Å². The third-order valence-corrected chi connectivity index (χ3v) is 2.67. The van der Waals surface area contributed by atoms with Crippen LogP contribution in [0.15, 0.2) is 17.5 Å². The van der Waals surface area contributed by atoms with Crippen LogP contribution in [-0.4, -0.2) is 23.7 Å². The van der Waals surface area contributed by atoms with Gasteiger partial charge in [-0.3, -0.25) is 4.79 Å². The molecule has 4 nitrogen and oxygen atoms in total. The summed E-state index contributed by atoms with van der Waals surface area (Å²) in [4.78, 5) is 21.9. The summed E-state index contributed by atoms with van der Waals surface area (Å²) >= 11 is 1.16. The van der Waals surface area contributed by atoms with Crippen LogP contribution >= 0.6 is 11.3 Å². The molecule has 0 bridgehead atoms. The van der Waals surface area contributed by atoms with E-state index in [2.05, 4.69) is 0 Å². The van der Waals surface area contributed by atoms with Crippen LogP contribution in [0.25, 0.3) is 6.08 Å². The van der Waals surface area contributed by atoms with Crippen LogP contribution in [0.1, 0.15) is 28.6 Å². The normalized spacial score (nSPS) is 10.6. The van der Waals surface area contributed by atoms with Crippen molar-refractivity contribution in [2.24, 2.45) is 0 Å². The van der Waals surface area contributed by atoms with Gasteiger partial charge < -0.3 is 9.84 Å². The number of aromatic carboxylic acids is 1. The van der Waals surface area contributed by atoms with Gasteiger partial charge in [0.25, 0.3) is 0 Å². The van der Waals surface area contributed by atoms with Gasteiger partial charge in [-0.2, -0.15) is 0 Å². The lowest BCUT2D eigenvalue weighted by atomic mass is 10.2. The summed E-state index contributed by atoms with van der Waals surface area (Å²) in [6.07, 6.45) is 3.57. The second kappa shape index (κ2) is 6.07. The Morgan fingerprint density at radius 1 is 1.56 bits per heavy atom. The summed E-state index contributed by atoms with van der Waals surface area (Å²) in [5.41, 5.74) is 0.784. The first-order valence-electron chi connectivity index (χ1n) is 4.77. The molecule has 1 heterocycles. The molecule has 0 fully saturated rings. The standard InChI is InChI=1S/C11H12O4S/c1-2-15-10(12)5-3-4-8-6-9(11(13)14)16-7-8/h3-4,6-7H,2,5H2,1H3,(H,13,14). The van der Waals surface area contributed by atoms with Gasteiger partial charge in [-0.15, -0.1) is 11.3 Å². The van der Waals surface area contributed by atoms with E-state index in [1.54, 1.807) is 30.5 Å². The van der Waals surface area contributed by atoms with E-state index in [0.29, 0.717) is 6.61 Å². The van der Waals surface area contributed by atoms with Gasteiger partial charge in [0, 0.05) is 0 Å². The van der Waals surface area contributed by atoms with E-state index in [1.807, 2.05) is 0 Å². The van der Waals surface area contributed by atoms with Crippen molar-refractivity contribution in [2.45, 2.75) is 13.3 Å². The van der Waals surface area contributed by atoms with E-state index in [9.17, 15) is 9.59 Å². The van der Waals surface area contributed by atoms with Crippen molar-refractivity contribution in [1.82, 2.24) is 0 Å². The number of carbonyl (C=O) groups is 2. The van der Waals surface area contributed by atoms with Crippen LogP contribution in [0.4, 0.5) is 0 Å². The molecule has 86 valence electrons. The Hall–Kier alpha value is -1.62. The molecule has 0 spiro atoms. The summed E-state index contributed by atoms with van der Waals surface area (Å²) in [6.45, 7) is 2.12. The lowest BCUT2D eigenvalue weighted by Crippen LogP contribution is -2.01. The second-order valence-electron chi connectivity index (χ2n) is 2.96. The average Bonchev–Trinajstić information content (AvgIpc) is 2.67. The average molecular weight is 240 g/mol. The number of carboxylic acids is 1. The summed E-state index contributed by atoms with van der Waals surface area (Å²) < 4.78 is 4.74. The van der Waals surface area contributed by atoms with Crippen molar-refractivity contribution in [3.05, 3.63) is 28.0 Å². The highest BCUT2D eigenvalue weighted by atomic mass is 32.1. The maximum absolute atomic E-state index is 11.0. The summed E-state index contributed by atoms with van der Waals surface area (Å²) in [5.74, 6) is -1.22. The van der Waals surface area contributed by atoms with E-state index in [-0.39, 0.29) is 17.3 Å². The minimum atomic E-state index is -0.935. The first-order valence-corrected chi connectivity index (χ1v) is 5.65. The maximum atomic E-state index is 11.0. The van der Waals surface area contributed by atoms with E-state index < -0.39 is 5.97 Å². The molecule has 0 aliphatic carbocycles. The SMILES string of the molecule is CCOC(=O)CC=Cc1csc(C(=O)O)c1. The zero-order valence-corrected chi connectivity index (χ0v) is 9.62. The molecule has 1 rings (SSSR count). The Labute approximate surface area is 97.2 Å². The summed E-state index contributed by atoms with van der Waals surface area (Å²) in [7, 11) is 0. The Kier molecular flexibility index (Phi) is 4.72. The molecule has 0 aliphatic rings. The molecular formula is C11H12O4S. The van der Waals surface area contributed by atoms with Gasteiger partial charge in [0.15, 0.2) is 0 Å². The molecule has 0 aliphatic heterocycles. The molecule has 1 N–H and O–H groups in total. The fraction of sp³-hybridized carbons (Fsp3) is 0.273. The van der Waals surface area contributed by atoms with Gasteiger partial charge in [-0.1, -0.05) is 12.2 Å². The molecule has 0 saturated carbocycles. The summed E-state index contributed by atoms with van der Waals surface area (Å²) in [5, 5.41) is 10.4. The zero-order chi connectivity index (χ0) is 12.0. The highest BCUT2D eigenvalue weighted by molar-refractivity contribution is 7.12. The lowest BCUT2D eigenvalue weighted by Gasteiger charge is -1.95. The number of thiophene rings is 1. The van der Waals surface area contributed by atoms with Gasteiger partial charge in [-0.05, 0) is 23.9 Å². The van der Waals surface area contributed by atoms with Gasteiger partial charge in [0.2, 0.25) is 0 Å². The number of carboxylic acid groups (broad SMARTS) is 1.